The summed E-state index contributed by atoms with van der Waals surface area (Å²) >= 11 is 1.31. The van der Waals surface area contributed by atoms with Gasteiger partial charge in [-0.3, -0.25) is 39.9 Å². The molecule has 3 aromatic carbocycles. The maximum Gasteiger partial charge on any atom is 0.408 e. The van der Waals surface area contributed by atoms with Crippen LogP contribution in [-0.2, 0) is 53.2 Å². The maximum atomic E-state index is 13.2. The van der Waals surface area contributed by atoms with Crippen molar-refractivity contribution in [1.29, 1.82) is 0 Å². The second kappa shape index (κ2) is 17.9. The van der Waals surface area contributed by atoms with Crippen molar-refractivity contribution in [2.75, 3.05) is 0 Å². The number of hydrogen-bond donors (Lipinski definition) is 2. The zero-order valence-electron chi connectivity index (χ0n) is 30.4. The third-order valence-electron chi connectivity index (χ3n) is 9.03. The lowest BCUT2D eigenvalue weighted by Crippen LogP contribution is -2.70. The number of non-ortho nitro benzene ring substituents is 3. The fourth-order valence-corrected chi connectivity index (χ4v) is 7.67. The largest absolute Gasteiger partial charge is 0.459 e. The summed E-state index contributed by atoms with van der Waals surface area (Å²) in [6, 6.07) is 12.8. The van der Waals surface area contributed by atoms with Crippen LogP contribution in [0.25, 0.3) is 0 Å². The van der Waals surface area contributed by atoms with Gasteiger partial charge in [0.15, 0.2) is 0 Å². The van der Waals surface area contributed by atoms with E-state index in [1.165, 1.54) is 89.5 Å². The van der Waals surface area contributed by atoms with Crippen LogP contribution < -0.4 is 10.6 Å². The Kier molecular flexibility index (Phi) is 13.0. The standard InChI is InChI=1S/C36H36N6O14S/c1-36(2)30(34(46)55-19-22-8-14-25(15-9-22)41(50)51)39-31(44)29(32(39)57-36)38-28(43)5-3-4-27(33(45)54-18-21-6-12-24(13-7-21)40(48)49)37-35(47)56-20-23-10-16-26(17-11-23)42(52)53/h6-17,27,29-30,32H,3-5,18-20H2,1-2H3,(H,37,47)(H,38,43)/t27-,29-,30+,32-/m1/s1. The van der Waals surface area contributed by atoms with Crippen LogP contribution in [0.5, 0.6) is 0 Å². The van der Waals surface area contributed by atoms with E-state index >= 15 is 0 Å². The summed E-state index contributed by atoms with van der Waals surface area (Å²) in [5, 5.41) is 37.3. The number of fused-ring (bicyclic) bond motifs is 1. The first-order valence-electron chi connectivity index (χ1n) is 17.3. The summed E-state index contributed by atoms with van der Waals surface area (Å²) in [6.07, 6.45) is -1.25. The van der Waals surface area contributed by atoms with Gasteiger partial charge in [-0.05, 0) is 79.8 Å². The first kappa shape index (κ1) is 41.5. The highest BCUT2D eigenvalue weighted by molar-refractivity contribution is 8.01. The van der Waals surface area contributed by atoms with E-state index in [1.54, 1.807) is 13.8 Å². The van der Waals surface area contributed by atoms with Crippen LogP contribution in [0.4, 0.5) is 21.9 Å². The molecular weight excluding hydrogens is 772 g/mol. The monoisotopic (exact) mass is 808 g/mol. The molecule has 2 fully saturated rings. The average molecular weight is 809 g/mol. The number of benzene rings is 3. The normalized spacial score (nSPS) is 18.2. The molecule has 21 heteroatoms. The lowest BCUT2D eigenvalue weighted by molar-refractivity contribution is -0.385. The number of nitro benzene ring substituents is 3. The zero-order valence-corrected chi connectivity index (χ0v) is 31.2. The van der Waals surface area contributed by atoms with Gasteiger partial charge < -0.3 is 29.7 Å². The zero-order chi connectivity index (χ0) is 41.4. The molecule has 2 aliphatic heterocycles. The second-order valence-electron chi connectivity index (χ2n) is 13.5. The number of nitrogens with zero attached hydrogens (tertiary/aromatic N) is 4. The van der Waals surface area contributed by atoms with Crippen molar-refractivity contribution in [2.45, 2.75) is 81.2 Å². The molecule has 4 atom stereocenters. The van der Waals surface area contributed by atoms with Crippen LogP contribution in [0.1, 0.15) is 49.8 Å². The number of thioether (sulfide) groups is 1. The number of rotatable bonds is 17. The molecule has 0 aliphatic carbocycles. The van der Waals surface area contributed by atoms with E-state index in [9.17, 15) is 54.3 Å². The van der Waals surface area contributed by atoms with Gasteiger partial charge in [-0.2, -0.15) is 0 Å². The van der Waals surface area contributed by atoms with Crippen molar-refractivity contribution in [1.82, 2.24) is 15.5 Å². The fourth-order valence-electron chi connectivity index (χ4n) is 6.05. The summed E-state index contributed by atoms with van der Waals surface area (Å²) in [6.45, 7) is 2.81. The van der Waals surface area contributed by atoms with Crippen molar-refractivity contribution >= 4 is 58.7 Å². The molecule has 0 saturated carbocycles. The molecule has 3 aromatic rings. The van der Waals surface area contributed by atoms with Gasteiger partial charge >= 0.3 is 18.0 Å². The molecule has 2 saturated heterocycles. The molecule has 5 rings (SSSR count). The molecule has 0 aromatic heterocycles. The van der Waals surface area contributed by atoms with Crippen LogP contribution in [-0.4, -0.2) is 77.8 Å². The van der Waals surface area contributed by atoms with Crippen molar-refractivity contribution in [2.24, 2.45) is 0 Å². The highest BCUT2D eigenvalue weighted by atomic mass is 32.2. The number of alkyl carbamates (subject to hydrolysis) is 1. The van der Waals surface area contributed by atoms with Crippen molar-refractivity contribution in [3.63, 3.8) is 0 Å². The molecule has 2 aliphatic rings. The van der Waals surface area contributed by atoms with Gasteiger partial charge in [0.2, 0.25) is 11.8 Å². The van der Waals surface area contributed by atoms with Crippen LogP contribution in [0.3, 0.4) is 0 Å². The Hall–Kier alpha value is -6.64. The van der Waals surface area contributed by atoms with Gasteiger partial charge in [0.25, 0.3) is 17.1 Å². The topological polar surface area (TPSA) is 270 Å². The van der Waals surface area contributed by atoms with E-state index in [4.69, 9.17) is 14.2 Å². The number of carbonyl (C=O) groups is 5. The Morgan fingerprint density at radius 2 is 1.21 bits per heavy atom. The van der Waals surface area contributed by atoms with Crippen LogP contribution in [0.2, 0.25) is 0 Å². The number of carbonyl (C=O) groups excluding carboxylic acids is 5. The van der Waals surface area contributed by atoms with Crippen molar-refractivity contribution < 1.29 is 53.0 Å². The van der Waals surface area contributed by atoms with Gasteiger partial charge in [0, 0.05) is 47.6 Å². The average Bonchev–Trinajstić information content (AvgIpc) is 3.44. The third kappa shape index (κ3) is 10.4. The van der Waals surface area contributed by atoms with E-state index in [-0.39, 0.29) is 56.1 Å². The predicted octanol–water partition coefficient (Wildman–Crippen LogP) is 4.21. The van der Waals surface area contributed by atoms with E-state index in [1.807, 2.05) is 0 Å². The molecule has 0 spiro atoms. The summed E-state index contributed by atoms with van der Waals surface area (Å²) in [5.74, 6) is -2.58. The van der Waals surface area contributed by atoms with Crippen molar-refractivity contribution in [3.05, 3.63) is 120 Å². The number of esters is 2. The SMILES string of the molecule is CC1(C)S[C@@H]2[C@H](NC(=O)CCC[C@@H](NC(=O)OCc3ccc([N+](=O)[O-])cc3)C(=O)OCc3ccc([N+](=O)[O-])cc3)C(=O)N2[C@H]1C(=O)OCc1ccc([N+](=O)[O-])cc1. The summed E-state index contributed by atoms with van der Waals surface area (Å²) in [7, 11) is 0. The Balaban J connectivity index is 1.14. The number of ether oxygens (including phenoxy) is 3. The Morgan fingerprint density at radius 1 is 0.754 bits per heavy atom. The number of amides is 3. The second-order valence-corrected chi connectivity index (χ2v) is 15.2. The highest BCUT2D eigenvalue weighted by Crippen LogP contribution is 2.51. The van der Waals surface area contributed by atoms with Gasteiger partial charge in [-0.15, -0.1) is 11.8 Å². The molecule has 0 bridgehead atoms. The molecular formula is C36H36N6O14S. The molecule has 57 heavy (non-hydrogen) atoms. The van der Waals surface area contributed by atoms with Gasteiger partial charge in [-0.1, -0.05) is 0 Å². The molecule has 0 radical (unpaired) electrons. The molecule has 0 unspecified atom stereocenters. The van der Waals surface area contributed by atoms with E-state index in [2.05, 4.69) is 10.6 Å². The van der Waals surface area contributed by atoms with Crippen LogP contribution in [0, 0.1) is 30.3 Å². The molecule has 300 valence electrons. The molecule has 3 amide bonds. The summed E-state index contributed by atoms with van der Waals surface area (Å²) < 4.78 is 15.2. The minimum Gasteiger partial charge on any atom is -0.459 e. The first-order chi connectivity index (χ1) is 27.0. The number of nitrogens with one attached hydrogen (secondary N) is 2. The molecule has 20 nitrogen and oxygen atoms in total. The van der Waals surface area contributed by atoms with Gasteiger partial charge in [0.05, 0.1) is 14.8 Å². The first-order valence-corrected chi connectivity index (χ1v) is 18.2. The quantitative estimate of drug-likeness (QED) is 0.0636. The van der Waals surface area contributed by atoms with E-state index in [0.717, 1.165) is 0 Å². The lowest BCUT2D eigenvalue weighted by atomic mass is 9.96. The maximum absolute atomic E-state index is 13.2. The Bertz CT molecular complexity index is 2050. The summed E-state index contributed by atoms with van der Waals surface area (Å²) in [4.78, 5) is 97.7. The van der Waals surface area contributed by atoms with Crippen LogP contribution >= 0.6 is 11.8 Å². The van der Waals surface area contributed by atoms with Gasteiger partial charge in [0.1, 0.15) is 43.3 Å². The van der Waals surface area contributed by atoms with E-state index in [0.29, 0.717) is 16.7 Å². The van der Waals surface area contributed by atoms with E-state index < -0.39 is 72.9 Å². The smallest absolute Gasteiger partial charge is 0.408 e. The van der Waals surface area contributed by atoms with Crippen molar-refractivity contribution in [3.8, 4) is 0 Å². The minimum absolute atomic E-state index is 0.0390. The number of nitro groups is 3. The molecule has 2 heterocycles. The summed E-state index contributed by atoms with van der Waals surface area (Å²) in [5.41, 5.74) is 0.946. The van der Waals surface area contributed by atoms with Gasteiger partial charge in [-0.25, -0.2) is 14.4 Å². The lowest BCUT2D eigenvalue weighted by Gasteiger charge is -2.44. The number of hydrogen-bond acceptors (Lipinski definition) is 15. The third-order valence-corrected chi connectivity index (χ3v) is 10.6. The minimum atomic E-state index is -1.30. The van der Waals surface area contributed by atoms with Crippen LogP contribution in [0.15, 0.2) is 72.8 Å². The highest BCUT2D eigenvalue weighted by Gasteiger charge is 2.64. The fraction of sp³-hybridized carbons (Fsp3) is 0.361. The Morgan fingerprint density at radius 3 is 1.68 bits per heavy atom. The number of β-lactam (4-membered cyclic amide) rings is 1. The predicted molar refractivity (Wildman–Crippen MR) is 198 cm³/mol. The molecule has 2 N–H and O–H groups in total. The Labute approximate surface area is 327 Å².